The fourth-order valence-electron chi connectivity index (χ4n) is 1.73. The lowest BCUT2D eigenvalue weighted by molar-refractivity contribution is 0.240. The van der Waals surface area contributed by atoms with Crippen LogP contribution in [-0.4, -0.2) is 49.6 Å². The van der Waals surface area contributed by atoms with Gasteiger partial charge in [-0.05, 0) is 13.3 Å². The van der Waals surface area contributed by atoms with Gasteiger partial charge in [0, 0.05) is 30.7 Å². The third kappa shape index (κ3) is 6.87. The molecule has 1 aromatic heterocycles. The van der Waals surface area contributed by atoms with Gasteiger partial charge in [0.05, 0.1) is 17.8 Å². The van der Waals surface area contributed by atoms with Crippen LogP contribution < -0.4 is 10.6 Å². The van der Waals surface area contributed by atoms with Crippen LogP contribution in [0.2, 0.25) is 0 Å². The summed E-state index contributed by atoms with van der Waals surface area (Å²) >= 11 is 1.54. The van der Waals surface area contributed by atoms with Crippen LogP contribution in [0, 0.1) is 6.92 Å². The van der Waals surface area contributed by atoms with Crippen molar-refractivity contribution in [1.82, 2.24) is 19.9 Å². The lowest BCUT2D eigenvalue weighted by atomic mass is 10.4. The molecule has 0 aliphatic rings. The second-order valence-electron chi connectivity index (χ2n) is 4.56. The summed E-state index contributed by atoms with van der Waals surface area (Å²) in [5.74, 6) is 0. The van der Waals surface area contributed by atoms with Crippen molar-refractivity contribution in [3.63, 3.8) is 0 Å². The van der Waals surface area contributed by atoms with Gasteiger partial charge >= 0.3 is 6.03 Å². The van der Waals surface area contributed by atoms with E-state index in [1.807, 2.05) is 6.92 Å². The molecule has 9 heteroatoms. The molecule has 1 aromatic rings. The Hall–Kier alpha value is -1.19. The zero-order valence-corrected chi connectivity index (χ0v) is 14.2. The number of thiazole rings is 1. The first kappa shape index (κ1) is 17.9. The van der Waals surface area contributed by atoms with E-state index in [1.165, 1.54) is 10.6 Å². The van der Waals surface area contributed by atoms with Crippen molar-refractivity contribution in [2.45, 2.75) is 26.8 Å². The summed E-state index contributed by atoms with van der Waals surface area (Å²) in [6.07, 6.45) is 3.51. The van der Waals surface area contributed by atoms with Gasteiger partial charge in [0.2, 0.25) is 10.0 Å². The first-order valence-corrected chi connectivity index (χ1v) is 9.37. The highest BCUT2D eigenvalue weighted by molar-refractivity contribution is 7.88. The van der Waals surface area contributed by atoms with Crippen molar-refractivity contribution in [2.24, 2.45) is 0 Å². The van der Waals surface area contributed by atoms with Crippen LogP contribution in [0.25, 0.3) is 0 Å². The minimum Gasteiger partial charge on any atom is -0.338 e. The van der Waals surface area contributed by atoms with Crippen molar-refractivity contribution in [2.75, 3.05) is 25.9 Å². The van der Waals surface area contributed by atoms with Gasteiger partial charge in [0.25, 0.3) is 0 Å². The molecule has 0 fully saturated rings. The van der Waals surface area contributed by atoms with Crippen LogP contribution in [0.1, 0.15) is 23.2 Å². The number of hydrogen-bond acceptors (Lipinski definition) is 5. The van der Waals surface area contributed by atoms with E-state index in [-0.39, 0.29) is 6.03 Å². The molecular formula is C12H22N4O3S2. The van der Waals surface area contributed by atoms with Crippen molar-refractivity contribution in [3.8, 4) is 0 Å². The van der Waals surface area contributed by atoms with Gasteiger partial charge in [-0.3, -0.25) is 0 Å². The number of nitrogens with zero attached hydrogens (tertiary/aromatic N) is 2. The third-order valence-electron chi connectivity index (χ3n) is 2.78. The van der Waals surface area contributed by atoms with Gasteiger partial charge in [-0.1, -0.05) is 6.92 Å². The molecule has 2 amide bonds. The Kier molecular flexibility index (Phi) is 7.06. The molecule has 120 valence electrons. The fraction of sp³-hybridized carbons (Fsp3) is 0.667. The van der Waals surface area contributed by atoms with Crippen LogP contribution in [-0.2, 0) is 16.6 Å². The molecule has 0 unspecified atom stereocenters. The van der Waals surface area contributed by atoms with Crippen molar-refractivity contribution >= 4 is 27.4 Å². The highest BCUT2D eigenvalue weighted by atomic mass is 32.2. The maximum atomic E-state index is 11.6. The van der Waals surface area contributed by atoms with Crippen LogP contribution >= 0.6 is 11.3 Å². The Bertz CT molecular complexity index is 557. The molecule has 0 aliphatic heterocycles. The molecule has 21 heavy (non-hydrogen) atoms. The Morgan fingerprint density at radius 1 is 1.43 bits per heavy atom. The molecule has 2 N–H and O–H groups in total. The molecule has 1 rings (SSSR count). The van der Waals surface area contributed by atoms with Gasteiger partial charge < -0.3 is 10.6 Å². The number of carbonyl (C=O) groups is 1. The molecular weight excluding hydrogens is 312 g/mol. The number of sulfonamides is 1. The summed E-state index contributed by atoms with van der Waals surface area (Å²) in [7, 11) is -3.16. The number of nitrogens with one attached hydrogen (secondary N) is 2. The standard InChI is InChI=1S/C12H22N4O3S2/c1-4-16(21(3,18)19)7-5-6-13-12(17)15-9-11-8-14-10(2)20-11/h8H,4-7,9H2,1-3H3,(H2,13,15,17). The van der Waals surface area contributed by atoms with E-state index < -0.39 is 10.0 Å². The van der Waals surface area contributed by atoms with E-state index in [4.69, 9.17) is 0 Å². The van der Waals surface area contributed by atoms with Gasteiger partial charge in [-0.15, -0.1) is 11.3 Å². The van der Waals surface area contributed by atoms with Crippen molar-refractivity contribution in [3.05, 3.63) is 16.1 Å². The lowest BCUT2D eigenvalue weighted by Crippen LogP contribution is -2.37. The van der Waals surface area contributed by atoms with Crippen LogP contribution in [0.4, 0.5) is 4.79 Å². The maximum absolute atomic E-state index is 11.6. The fourth-order valence-corrected chi connectivity index (χ4v) is 3.40. The normalized spacial score (nSPS) is 11.6. The quantitative estimate of drug-likeness (QED) is 0.692. The topological polar surface area (TPSA) is 91.4 Å². The highest BCUT2D eigenvalue weighted by Gasteiger charge is 2.13. The van der Waals surface area contributed by atoms with Crippen LogP contribution in [0.3, 0.4) is 0 Å². The molecule has 0 saturated carbocycles. The number of carbonyl (C=O) groups excluding carboxylic acids is 1. The average molecular weight is 334 g/mol. The van der Waals surface area contributed by atoms with E-state index in [9.17, 15) is 13.2 Å². The number of amides is 2. The van der Waals surface area contributed by atoms with E-state index in [0.29, 0.717) is 32.6 Å². The summed E-state index contributed by atoms with van der Waals surface area (Å²) in [6, 6.07) is -0.261. The van der Waals surface area contributed by atoms with E-state index in [0.717, 1.165) is 9.88 Å². The van der Waals surface area contributed by atoms with Gasteiger partial charge in [-0.25, -0.2) is 22.5 Å². The van der Waals surface area contributed by atoms with Crippen LogP contribution in [0.5, 0.6) is 0 Å². The van der Waals surface area contributed by atoms with Crippen molar-refractivity contribution < 1.29 is 13.2 Å². The number of urea groups is 1. The summed E-state index contributed by atoms with van der Waals surface area (Å²) in [5, 5.41) is 6.40. The van der Waals surface area contributed by atoms with Gasteiger partial charge in [0.15, 0.2) is 0 Å². The molecule has 0 radical (unpaired) electrons. The average Bonchev–Trinajstić information content (AvgIpc) is 2.80. The Balaban J connectivity index is 2.19. The molecule has 0 saturated heterocycles. The lowest BCUT2D eigenvalue weighted by Gasteiger charge is -2.17. The Morgan fingerprint density at radius 2 is 2.14 bits per heavy atom. The number of aromatic nitrogens is 1. The Labute approximate surface area is 129 Å². The van der Waals surface area contributed by atoms with E-state index >= 15 is 0 Å². The minimum absolute atomic E-state index is 0.261. The minimum atomic E-state index is -3.16. The van der Waals surface area contributed by atoms with Crippen molar-refractivity contribution in [1.29, 1.82) is 0 Å². The molecule has 0 bridgehead atoms. The first-order chi connectivity index (χ1) is 9.82. The predicted molar refractivity (Wildman–Crippen MR) is 83.8 cm³/mol. The number of rotatable bonds is 8. The maximum Gasteiger partial charge on any atom is 0.315 e. The first-order valence-electron chi connectivity index (χ1n) is 6.71. The SMILES string of the molecule is CCN(CCCNC(=O)NCc1cnc(C)s1)S(C)(=O)=O. The largest absolute Gasteiger partial charge is 0.338 e. The van der Waals surface area contributed by atoms with Crippen LogP contribution in [0.15, 0.2) is 6.20 Å². The number of aryl methyl sites for hydroxylation is 1. The molecule has 0 aliphatic carbocycles. The van der Waals surface area contributed by atoms with Gasteiger partial charge in [-0.2, -0.15) is 0 Å². The summed E-state index contributed by atoms with van der Waals surface area (Å²) in [6.45, 7) is 5.43. The molecule has 1 heterocycles. The number of hydrogen-bond donors (Lipinski definition) is 2. The molecule has 7 nitrogen and oxygen atoms in total. The summed E-state index contributed by atoms with van der Waals surface area (Å²) in [4.78, 5) is 16.7. The second kappa shape index (κ2) is 8.30. The molecule has 0 atom stereocenters. The molecule has 0 spiro atoms. The van der Waals surface area contributed by atoms with Gasteiger partial charge in [0.1, 0.15) is 0 Å². The van der Waals surface area contributed by atoms with E-state index in [2.05, 4.69) is 15.6 Å². The highest BCUT2D eigenvalue weighted by Crippen LogP contribution is 2.10. The molecule has 0 aromatic carbocycles. The smallest absolute Gasteiger partial charge is 0.315 e. The Morgan fingerprint density at radius 3 is 2.67 bits per heavy atom. The zero-order chi connectivity index (χ0) is 15.9. The monoisotopic (exact) mass is 334 g/mol. The zero-order valence-electron chi connectivity index (χ0n) is 12.5. The third-order valence-corrected chi connectivity index (χ3v) is 5.08. The summed E-state index contributed by atoms with van der Waals surface area (Å²) < 4.78 is 24.1. The van der Waals surface area contributed by atoms with E-state index in [1.54, 1.807) is 24.5 Å². The predicted octanol–water partition coefficient (Wildman–Crippen LogP) is 0.922. The second-order valence-corrected chi connectivity index (χ2v) is 7.87. The summed E-state index contributed by atoms with van der Waals surface area (Å²) in [5.41, 5.74) is 0.